The summed E-state index contributed by atoms with van der Waals surface area (Å²) in [6, 6.07) is 0. The van der Waals surface area contributed by atoms with E-state index >= 15 is 0 Å². The van der Waals surface area contributed by atoms with Gasteiger partial charge in [0, 0.05) is 6.42 Å². The summed E-state index contributed by atoms with van der Waals surface area (Å²) >= 11 is 0. The molecule has 0 aromatic rings. The molecule has 0 atom stereocenters. The highest BCUT2D eigenvalue weighted by molar-refractivity contribution is 5.66. The van der Waals surface area contributed by atoms with Crippen molar-refractivity contribution in [3.63, 3.8) is 0 Å². The van der Waals surface area contributed by atoms with Crippen molar-refractivity contribution < 1.29 is 117 Å². The molecular weight excluding hydrogens is 836 g/mol. The standard InChI is InChI=1S/C18H34O2.7C3H8O3/c1-2-3-4-5-6-7-8-9-10-11-12-13-14-15-16-17-18(19)20;7*4-1-3(6)2-5/h9-10H,2-8,11-17H2,1H3,(H,19,20);7*3-6H,1-2H2/b10-9-;;;;;;;. The van der Waals surface area contributed by atoms with Crippen molar-refractivity contribution in [1.82, 2.24) is 0 Å². The zero-order valence-corrected chi connectivity index (χ0v) is 36.7. The van der Waals surface area contributed by atoms with E-state index in [-0.39, 0.29) is 92.5 Å². The zero-order valence-electron chi connectivity index (χ0n) is 36.7. The van der Waals surface area contributed by atoms with E-state index in [9.17, 15) is 4.79 Å². The molecule has 23 nitrogen and oxygen atoms in total. The highest BCUT2D eigenvalue weighted by atomic mass is 16.4. The van der Waals surface area contributed by atoms with Crippen LogP contribution >= 0.6 is 0 Å². The molecule has 23 heteroatoms. The average Bonchev–Trinajstić information content (AvgIpc) is 3.31. The molecule has 0 bridgehead atoms. The predicted molar refractivity (Wildman–Crippen MR) is 228 cm³/mol. The highest BCUT2D eigenvalue weighted by Crippen LogP contribution is 2.09. The molecule has 384 valence electrons. The first-order valence-electron chi connectivity index (χ1n) is 20.6. The molecule has 0 aliphatic heterocycles. The summed E-state index contributed by atoms with van der Waals surface area (Å²) in [5, 5.41) is 177. The van der Waals surface area contributed by atoms with Crippen LogP contribution in [-0.2, 0) is 4.79 Å². The number of carboxylic acid groups (broad SMARTS) is 1. The van der Waals surface area contributed by atoms with Crippen LogP contribution in [0.4, 0.5) is 0 Å². The number of aliphatic hydroxyl groups excluding tert-OH is 21. The smallest absolute Gasteiger partial charge is 0.303 e. The second-order valence-electron chi connectivity index (χ2n) is 12.9. The van der Waals surface area contributed by atoms with Crippen LogP contribution in [-0.4, -0.2) is 254 Å². The van der Waals surface area contributed by atoms with E-state index in [2.05, 4.69) is 19.1 Å². The Bertz CT molecular complexity index is 634. The second-order valence-corrected chi connectivity index (χ2v) is 12.9. The summed E-state index contributed by atoms with van der Waals surface area (Å²) in [6.07, 6.45) is 14.6. The van der Waals surface area contributed by atoms with Crippen LogP contribution < -0.4 is 0 Å². The largest absolute Gasteiger partial charge is 0.481 e. The van der Waals surface area contributed by atoms with Gasteiger partial charge in [0.2, 0.25) is 0 Å². The van der Waals surface area contributed by atoms with Crippen LogP contribution in [0.5, 0.6) is 0 Å². The van der Waals surface area contributed by atoms with Gasteiger partial charge in [0.25, 0.3) is 0 Å². The van der Waals surface area contributed by atoms with E-state index in [1.54, 1.807) is 0 Å². The molecule has 0 spiro atoms. The third-order valence-electron chi connectivity index (χ3n) is 6.60. The SMILES string of the molecule is CCCCCCCC/C=C\CCCCCCCC(=O)O.OCC(O)CO.OCC(O)CO.OCC(O)CO.OCC(O)CO.OCC(O)CO.OCC(O)CO.OCC(O)CO. The number of unbranched alkanes of at least 4 members (excludes halogenated alkanes) is 11. The van der Waals surface area contributed by atoms with Crippen molar-refractivity contribution in [3.8, 4) is 0 Å². The monoisotopic (exact) mass is 927 g/mol. The van der Waals surface area contributed by atoms with Crippen molar-refractivity contribution in [2.24, 2.45) is 0 Å². The average molecular weight is 927 g/mol. The van der Waals surface area contributed by atoms with E-state index < -0.39 is 48.7 Å². The number of hydrogen-bond donors (Lipinski definition) is 22. The van der Waals surface area contributed by atoms with Gasteiger partial charge in [-0.25, -0.2) is 0 Å². The lowest BCUT2D eigenvalue weighted by molar-refractivity contribution is -0.137. The maximum atomic E-state index is 10.3. The van der Waals surface area contributed by atoms with Gasteiger partial charge in [-0.05, 0) is 32.1 Å². The topological polar surface area (TPSA) is 462 Å². The van der Waals surface area contributed by atoms with Gasteiger partial charge in [-0.3, -0.25) is 4.79 Å². The van der Waals surface area contributed by atoms with Crippen molar-refractivity contribution in [3.05, 3.63) is 12.2 Å². The molecule has 62 heavy (non-hydrogen) atoms. The molecular formula is C39H90O23. The number of carboxylic acids is 1. The summed E-state index contributed by atoms with van der Waals surface area (Å²) in [5.74, 6) is -0.664. The summed E-state index contributed by atoms with van der Waals surface area (Å²) in [7, 11) is 0. The summed E-state index contributed by atoms with van der Waals surface area (Å²) in [6.45, 7) is -2.85. The third-order valence-corrected chi connectivity index (χ3v) is 6.60. The number of aliphatic hydroxyl groups is 21. The fraction of sp³-hybridized carbons (Fsp3) is 0.923. The van der Waals surface area contributed by atoms with Crippen molar-refractivity contribution in [2.75, 3.05) is 92.5 Å². The molecule has 0 aliphatic carbocycles. The van der Waals surface area contributed by atoms with Crippen LogP contribution in [0.15, 0.2) is 12.2 Å². The second kappa shape index (κ2) is 73.8. The lowest BCUT2D eigenvalue weighted by Gasteiger charge is -1.99. The molecule has 0 aromatic carbocycles. The van der Waals surface area contributed by atoms with E-state index in [0.717, 1.165) is 12.8 Å². The normalized spacial score (nSPS) is 10.4. The minimum absolute atomic E-state index is 0.332. The minimum Gasteiger partial charge on any atom is -0.481 e. The van der Waals surface area contributed by atoms with Gasteiger partial charge < -0.3 is 112 Å². The Morgan fingerprint density at radius 2 is 0.500 bits per heavy atom. The highest BCUT2D eigenvalue weighted by Gasteiger charge is 1.98. The van der Waals surface area contributed by atoms with E-state index in [1.807, 2.05) is 0 Å². The number of rotatable bonds is 29. The maximum Gasteiger partial charge on any atom is 0.303 e. The lowest BCUT2D eigenvalue weighted by atomic mass is 10.1. The lowest BCUT2D eigenvalue weighted by Crippen LogP contribution is -2.15. The Morgan fingerprint density at radius 1 is 0.323 bits per heavy atom. The van der Waals surface area contributed by atoms with Gasteiger partial charge in [0.15, 0.2) is 0 Å². The van der Waals surface area contributed by atoms with E-state index in [4.69, 9.17) is 112 Å². The molecule has 0 heterocycles. The fourth-order valence-corrected chi connectivity index (χ4v) is 2.75. The molecule has 0 saturated carbocycles. The fourth-order valence-electron chi connectivity index (χ4n) is 2.75. The van der Waals surface area contributed by atoms with E-state index in [1.165, 1.54) is 70.6 Å². The first-order chi connectivity index (χ1) is 29.4. The number of allylic oxidation sites excluding steroid dienone is 2. The van der Waals surface area contributed by atoms with E-state index in [0.29, 0.717) is 6.42 Å². The molecule has 0 fully saturated rings. The Morgan fingerprint density at radius 3 is 0.661 bits per heavy atom. The summed E-state index contributed by atoms with van der Waals surface area (Å²) in [4.78, 5) is 10.3. The quantitative estimate of drug-likeness (QED) is 0.0246. The molecule has 0 unspecified atom stereocenters. The van der Waals surface area contributed by atoms with Gasteiger partial charge in [-0.2, -0.15) is 0 Å². The first-order valence-corrected chi connectivity index (χ1v) is 20.6. The molecule has 0 aromatic heterocycles. The third kappa shape index (κ3) is 102. The summed E-state index contributed by atoms with van der Waals surface area (Å²) < 4.78 is 0. The van der Waals surface area contributed by atoms with Crippen LogP contribution in [0.25, 0.3) is 0 Å². The van der Waals surface area contributed by atoms with Gasteiger partial charge in [0.05, 0.1) is 92.5 Å². The van der Waals surface area contributed by atoms with Crippen LogP contribution in [0.1, 0.15) is 96.8 Å². The Balaban J connectivity index is -0.0000000970. The molecule has 0 amide bonds. The number of hydrogen-bond acceptors (Lipinski definition) is 22. The predicted octanol–water partition coefficient (Wildman–Crippen LogP) is -5.57. The van der Waals surface area contributed by atoms with Crippen molar-refractivity contribution in [1.29, 1.82) is 0 Å². The van der Waals surface area contributed by atoms with Crippen molar-refractivity contribution in [2.45, 2.75) is 140 Å². The van der Waals surface area contributed by atoms with Crippen LogP contribution in [0, 0.1) is 0 Å². The van der Waals surface area contributed by atoms with Gasteiger partial charge in [-0.1, -0.05) is 70.4 Å². The molecule has 0 rings (SSSR count). The Labute approximate surface area is 367 Å². The minimum atomic E-state index is -0.954. The van der Waals surface area contributed by atoms with Crippen LogP contribution in [0.2, 0.25) is 0 Å². The van der Waals surface area contributed by atoms with Crippen molar-refractivity contribution >= 4 is 5.97 Å². The zero-order chi connectivity index (χ0) is 49.8. The Hall–Kier alpha value is -1.63. The van der Waals surface area contributed by atoms with Gasteiger partial charge in [-0.15, -0.1) is 0 Å². The summed E-state index contributed by atoms with van der Waals surface area (Å²) in [5.41, 5.74) is 0. The number of carbonyl (C=O) groups is 1. The molecule has 22 N–H and O–H groups in total. The molecule has 0 radical (unpaired) electrons. The first kappa shape index (κ1) is 77.6. The number of aliphatic carboxylic acids is 1. The Kier molecular flexibility index (Phi) is 92.3. The van der Waals surface area contributed by atoms with Crippen LogP contribution in [0.3, 0.4) is 0 Å². The molecule has 0 saturated heterocycles. The maximum absolute atomic E-state index is 10.3. The molecule has 0 aliphatic rings. The van der Waals surface area contributed by atoms with Gasteiger partial charge in [0.1, 0.15) is 42.7 Å². The van der Waals surface area contributed by atoms with Gasteiger partial charge >= 0.3 is 5.97 Å².